The van der Waals surface area contributed by atoms with E-state index in [2.05, 4.69) is 4.98 Å². The highest BCUT2D eigenvalue weighted by Gasteiger charge is 2.12. The van der Waals surface area contributed by atoms with E-state index in [-0.39, 0.29) is 11.3 Å². The number of hydrogen-bond donors (Lipinski definition) is 1. The van der Waals surface area contributed by atoms with Crippen LogP contribution < -0.4 is 5.73 Å². The third-order valence-corrected chi connectivity index (χ3v) is 3.03. The summed E-state index contributed by atoms with van der Waals surface area (Å²) < 4.78 is 13.5. The molecular formula is C10H6ClFN2OS. The first-order valence-electron chi connectivity index (χ1n) is 4.28. The molecule has 1 aromatic heterocycles. The second kappa shape index (κ2) is 4.19. The fourth-order valence-corrected chi connectivity index (χ4v) is 2.17. The van der Waals surface area contributed by atoms with Gasteiger partial charge in [-0.15, -0.1) is 11.3 Å². The molecule has 1 amide bonds. The highest BCUT2D eigenvalue weighted by atomic mass is 35.5. The van der Waals surface area contributed by atoms with Crippen molar-refractivity contribution in [3.8, 4) is 10.6 Å². The monoisotopic (exact) mass is 256 g/mol. The van der Waals surface area contributed by atoms with Crippen LogP contribution in [0.5, 0.6) is 0 Å². The van der Waals surface area contributed by atoms with E-state index in [1.54, 1.807) is 0 Å². The van der Waals surface area contributed by atoms with Crippen LogP contribution in [0.15, 0.2) is 23.6 Å². The van der Waals surface area contributed by atoms with Gasteiger partial charge in [0.2, 0.25) is 0 Å². The van der Waals surface area contributed by atoms with Gasteiger partial charge in [0, 0.05) is 16.0 Å². The molecule has 0 aliphatic heterocycles. The fourth-order valence-electron chi connectivity index (χ4n) is 1.17. The molecule has 2 N–H and O–H groups in total. The zero-order chi connectivity index (χ0) is 11.7. The molecule has 16 heavy (non-hydrogen) atoms. The molecule has 6 heteroatoms. The molecule has 0 atom stereocenters. The first-order valence-corrected chi connectivity index (χ1v) is 5.54. The molecule has 0 fully saturated rings. The van der Waals surface area contributed by atoms with Gasteiger partial charge >= 0.3 is 0 Å². The minimum atomic E-state index is -0.634. The summed E-state index contributed by atoms with van der Waals surface area (Å²) in [5.41, 5.74) is 5.45. The molecule has 0 radical (unpaired) electrons. The minimum absolute atomic E-state index is 0.124. The van der Waals surface area contributed by atoms with E-state index in [0.717, 1.165) is 11.3 Å². The highest BCUT2D eigenvalue weighted by molar-refractivity contribution is 7.13. The van der Waals surface area contributed by atoms with Crippen LogP contribution in [0.2, 0.25) is 5.02 Å². The highest BCUT2D eigenvalue weighted by Crippen LogP contribution is 2.28. The third kappa shape index (κ3) is 2.05. The molecule has 0 saturated heterocycles. The molecule has 0 aliphatic rings. The molecule has 0 aliphatic carbocycles. The van der Waals surface area contributed by atoms with Gasteiger partial charge in [-0.2, -0.15) is 0 Å². The van der Waals surface area contributed by atoms with Crippen molar-refractivity contribution in [3.05, 3.63) is 40.1 Å². The second-order valence-electron chi connectivity index (χ2n) is 3.03. The normalized spacial score (nSPS) is 10.4. The molecule has 2 rings (SSSR count). The van der Waals surface area contributed by atoms with Gasteiger partial charge in [0.25, 0.3) is 5.91 Å². The summed E-state index contributed by atoms with van der Waals surface area (Å²) >= 11 is 6.90. The zero-order valence-electron chi connectivity index (χ0n) is 7.91. The molecule has 3 nitrogen and oxygen atoms in total. The number of thiazole rings is 1. The lowest BCUT2D eigenvalue weighted by molar-refractivity contribution is 0.0996. The van der Waals surface area contributed by atoms with Crippen LogP contribution in [0.4, 0.5) is 4.39 Å². The number of halogens is 2. The van der Waals surface area contributed by atoms with E-state index in [1.807, 2.05) is 0 Å². The Morgan fingerprint density at radius 3 is 2.88 bits per heavy atom. The largest absolute Gasteiger partial charge is 0.364 e. The van der Waals surface area contributed by atoms with E-state index in [1.165, 1.54) is 23.6 Å². The molecule has 0 bridgehead atoms. The van der Waals surface area contributed by atoms with Crippen LogP contribution >= 0.6 is 22.9 Å². The lowest BCUT2D eigenvalue weighted by atomic mass is 10.2. The number of nitrogens with two attached hydrogens (primary N) is 1. The van der Waals surface area contributed by atoms with Crippen LogP contribution in [0.1, 0.15) is 10.5 Å². The number of aromatic nitrogens is 1. The number of amides is 1. The summed E-state index contributed by atoms with van der Waals surface area (Å²) in [4.78, 5) is 14.8. The Labute approximate surface area is 99.7 Å². The van der Waals surface area contributed by atoms with Gasteiger partial charge in [-0.05, 0) is 18.2 Å². The Balaban J connectivity index is 2.50. The van der Waals surface area contributed by atoms with Crippen molar-refractivity contribution < 1.29 is 9.18 Å². The maximum Gasteiger partial charge on any atom is 0.268 e. The maximum atomic E-state index is 13.5. The van der Waals surface area contributed by atoms with Crippen molar-refractivity contribution in [2.75, 3.05) is 0 Å². The van der Waals surface area contributed by atoms with Crippen molar-refractivity contribution in [3.63, 3.8) is 0 Å². The summed E-state index contributed by atoms with van der Waals surface area (Å²) in [7, 11) is 0. The van der Waals surface area contributed by atoms with Crippen LogP contribution in [0.3, 0.4) is 0 Å². The van der Waals surface area contributed by atoms with Gasteiger partial charge in [0.1, 0.15) is 16.5 Å². The average molecular weight is 257 g/mol. The van der Waals surface area contributed by atoms with Crippen molar-refractivity contribution in [1.29, 1.82) is 0 Å². The third-order valence-electron chi connectivity index (χ3n) is 1.92. The van der Waals surface area contributed by atoms with E-state index in [9.17, 15) is 9.18 Å². The lowest BCUT2D eigenvalue weighted by Gasteiger charge is -1.99. The summed E-state index contributed by atoms with van der Waals surface area (Å²) in [5.74, 6) is -1.07. The van der Waals surface area contributed by atoms with Crippen molar-refractivity contribution in [2.24, 2.45) is 5.73 Å². The second-order valence-corrected chi connectivity index (χ2v) is 4.32. The SMILES string of the molecule is NC(=O)c1csc(-c2cc(Cl)ccc2F)n1. The van der Waals surface area contributed by atoms with Gasteiger partial charge < -0.3 is 5.73 Å². The number of nitrogens with zero attached hydrogens (tertiary/aromatic N) is 1. The van der Waals surface area contributed by atoms with Crippen LogP contribution in [0, 0.1) is 5.82 Å². The van der Waals surface area contributed by atoms with Gasteiger partial charge in [-0.25, -0.2) is 9.37 Å². The van der Waals surface area contributed by atoms with Crippen LogP contribution in [-0.4, -0.2) is 10.9 Å². The summed E-state index contributed by atoms with van der Waals surface area (Å²) in [6.07, 6.45) is 0. The van der Waals surface area contributed by atoms with Gasteiger partial charge in [-0.3, -0.25) is 4.79 Å². The van der Waals surface area contributed by atoms with Crippen molar-refractivity contribution >= 4 is 28.8 Å². The molecule has 0 unspecified atom stereocenters. The number of carbonyl (C=O) groups is 1. The zero-order valence-corrected chi connectivity index (χ0v) is 9.48. The fraction of sp³-hybridized carbons (Fsp3) is 0. The van der Waals surface area contributed by atoms with Crippen LogP contribution in [-0.2, 0) is 0 Å². The van der Waals surface area contributed by atoms with Crippen LogP contribution in [0.25, 0.3) is 10.6 Å². The van der Waals surface area contributed by atoms with Gasteiger partial charge in [-0.1, -0.05) is 11.6 Å². The Morgan fingerprint density at radius 1 is 1.50 bits per heavy atom. The predicted molar refractivity (Wildman–Crippen MR) is 61.0 cm³/mol. The molecular weight excluding hydrogens is 251 g/mol. The first kappa shape index (κ1) is 11.0. The van der Waals surface area contributed by atoms with E-state index < -0.39 is 11.7 Å². The maximum absolute atomic E-state index is 13.5. The average Bonchev–Trinajstić information content (AvgIpc) is 2.70. The van der Waals surface area contributed by atoms with E-state index >= 15 is 0 Å². The van der Waals surface area contributed by atoms with Crippen molar-refractivity contribution in [2.45, 2.75) is 0 Å². The Hall–Kier alpha value is -1.46. The standard InChI is InChI=1S/C10H6ClFN2OS/c11-5-1-2-7(12)6(3-5)10-14-8(4-16-10)9(13)15/h1-4H,(H2,13,15). The topological polar surface area (TPSA) is 56.0 Å². The summed E-state index contributed by atoms with van der Waals surface area (Å²) in [6, 6.07) is 4.16. The Kier molecular flexibility index (Phi) is 2.89. The molecule has 82 valence electrons. The number of rotatable bonds is 2. The Bertz CT molecular complexity index is 556. The minimum Gasteiger partial charge on any atom is -0.364 e. The van der Waals surface area contributed by atoms with Gasteiger partial charge in [0.15, 0.2) is 0 Å². The quantitative estimate of drug-likeness (QED) is 0.898. The molecule has 0 spiro atoms. The number of benzene rings is 1. The first-order chi connectivity index (χ1) is 7.58. The molecule has 1 aromatic carbocycles. The van der Waals surface area contributed by atoms with Crippen molar-refractivity contribution in [1.82, 2.24) is 4.98 Å². The number of hydrogen-bond acceptors (Lipinski definition) is 3. The number of primary amides is 1. The predicted octanol–water partition coefficient (Wildman–Crippen LogP) is 2.70. The summed E-state index contributed by atoms with van der Waals surface area (Å²) in [6.45, 7) is 0. The molecule has 2 aromatic rings. The smallest absolute Gasteiger partial charge is 0.268 e. The lowest BCUT2D eigenvalue weighted by Crippen LogP contribution is -2.10. The Morgan fingerprint density at radius 2 is 2.25 bits per heavy atom. The van der Waals surface area contributed by atoms with E-state index in [4.69, 9.17) is 17.3 Å². The molecule has 1 heterocycles. The van der Waals surface area contributed by atoms with Gasteiger partial charge in [0.05, 0.1) is 0 Å². The molecule has 0 saturated carbocycles. The summed E-state index contributed by atoms with van der Waals surface area (Å²) in [5, 5.41) is 2.28. The van der Waals surface area contributed by atoms with E-state index in [0.29, 0.717) is 10.0 Å². The number of carbonyl (C=O) groups excluding carboxylic acids is 1.